The van der Waals surface area contributed by atoms with Crippen LogP contribution in [0.25, 0.3) is 11.9 Å². The predicted molar refractivity (Wildman–Crippen MR) is 91.7 cm³/mol. The van der Waals surface area contributed by atoms with E-state index in [1.54, 1.807) is 6.08 Å². The number of hydrogen-bond donors (Lipinski definition) is 0. The fourth-order valence-electron chi connectivity index (χ4n) is 2.70. The molecule has 0 aliphatic carbocycles. The van der Waals surface area contributed by atoms with Gasteiger partial charge >= 0.3 is 0 Å². The van der Waals surface area contributed by atoms with Crippen molar-refractivity contribution in [3.8, 4) is 5.82 Å². The molecule has 2 aromatic heterocycles. The van der Waals surface area contributed by atoms with Crippen molar-refractivity contribution in [3.63, 3.8) is 0 Å². The zero-order valence-electron chi connectivity index (χ0n) is 14.0. The van der Waals surface area contributed by atoms with E-state index in [2.05, 4.69) is 9.55 Å². The lowest BCUT2D eigenvalue weighted by Gasteiger charge is -2.11. The molecule has 23 heavy (non-hydrogen) atoms. The fraction of sp³-hybridized carbons (Fsp3) is 0.316. The fourth-order valence-corrected chi connectivity index (χ4v) is 2.70. The first-order chi connectivity index (χ1) is 11.0. The first kappa shape index (κ1) is 16.9. The van der Waals surface area contributed by atoms with Crippen LogP contribution in [-0.4, -0.2) is 22.1 Å². The Morgan fingerprint density at radius 1 is 1.17 bits per heavy atom. The van der Waals surface area contributed by atoms with E-state index < -0.39 is 0 Å². The summed E-state index contributed by atoms with van der Waals surface area (Å²) in [5, 5.41) is 0. The molecule has 4 heteroatoms. The molecule has 0 N–H and O–H groups in total. The van der Waals surface area contributed by atoms with Crippen LogP contribution < -0.4 is 0 Å². The van der Waals surface area contributed by atoms with Gasteiger partial charge in [-0.1, -0.05) is 6.92 Å². The highest BCUT2D eigenvalue weighted by Crippen LogP contribution is 2.19. The van der Waals surface area contributed by atoms with Crippen molar-refractivity contribution in [3.05, 3.63) is 52.5 Å². The van der Waals surface area contributed by atoms with E-state index in [9.17, 15) is 9.59 Å². The summed E-state index contributed by atoms with van der Waals surface area (Å²) >= 11 is 0. The number of allylic oxidation sites excluding steroid dienone is 1. The van der Waals surface area contributed by atoms with Crippen molar-refractivity contribution in [1.82, 2.24) is 9.55 Å². The van der Waals surface area contributed by atoms with Gasteiger partial charge in [-0.3, -0.25) is 4.79 Å². The lowest BCUT2D eigenvalue weighted by Crippen LogP contribution is -2.07. The van der Waals surface area contributed by atoms with Crippen molar-refractivity contribution < 1.29 is 9.59 Å². The third-order valence-corrected chi connectivity index (χ3v) is 3.96. The Morgan fingerprint density at radius 2 is 1.83 bits per heavy atom. The summed E-state index contributed by atoms with van der Waals surface area (Å²) in [5.74, 6) is 0.439. The minimum atomic E-state index is -0.381. The minimum Gasteiger partial charge on any atom is -0.303 e. The number of aryl methyl sites for hydroxylation is 3. The number of nitrogens with zero attached hydrogens (tertiary/aromatic N) is 2. The monoisotopic (exact) mass is 310 g/mol. The molecule has 0 amide bonds. The molecule has 0 aliphatic rings. The molecule has 0 aromatic carbocycles. The summed E-state index contributed by atoms with van der Waals surface area (Å²) in [6.45, 7) is 7.94. The van der Waals surface area contributed by atoms with Crippen LogP contribution in [0.15, 0.2) is 29.8 Å². The van der Waals surface area contributed by atoms with Gasteiger partial charge in [0.15, 0.2) is 0 Å². The lowest BCUT2D eigenvalue weighted by atomic mass is 9.98. The molecule has 1 unspecified atom stereocenters. The number of rotatable bonds is 6. The Labute approximate surface area is 136 Å². The van der Waals surface area contributed by atoms with Crippen molar-refractivity contribution in [2.75, 3.05) is 0 Å². The average molecular weight is 310 g/mol. The van der Waals surface area contributed by atoms with Crippen LogP contribution in [0, 0.1) is 26.7 Å². The van der Waals surface area contributed by atoms with E-state index in [1.807, 2.05) is 52.0 Å². The van der Waals surface area contributed by atoms with Crippen LogP contribution in [0.3, 0.4) is 0 Å². The van der Waals surface area contributed by atoms with E-state index in [0.717, 1.165) is 35.3 Å². The van der Waals surface area contributed by atoms with E-state index in [0.29, 0.717) is 17.7 Å². The molecule has 0 bridgehead atoms. The van der Waals surface area contributed by atoms with Gasteiger partial charge in [-0.05, 0) is 63.1 Å². The van der Waals surface area contributed by atoms with Gasteiger partial charge in [0.25, 0.3) is 0 Å². The lowest BCUT2D eigenvalue weighted by molar-refractivity contribution is -0.112. The van der Waals surface area contributed by atoms with Gasteiger partial charge in [-0.25, -0.2) is 4.98 Å². The first-order valence-corrected chi connectivity index (χ1v) is 7.76. The van der Waals surface area contributed by atoms with Gasteiger partial charge in [-0.2, -0.15) is 0 Å². The average Bonchev–Trinajstić information content (AvgIpc) is 2.85. The smallest absolute Gasteiger partial charge is 0.146 e. The largest absolute Gasteiger partial charge is 0.303 e. The summed E-state index contributed by atoms with van der Waals surface area (Å²) in [6, 6.07) is 8.02. The standard InChI is InChI=1S/C19H22N2O2/c1-5-16(11-22)17(12-23)10-18-8-13(2)9-19(20-18)21-14(3)6-7-15(21)4/h6-12,16H,5H2,1-4H3/b17-10+. The molecular weight excluding hydrogens is 288 g/mol. The molecule has 2 rings (SSSR count). The van der Waals surface area contributed by atoms with Gasteiger partial charge in [0.2, 0.25) is 0 Å². The summed E-state index contributed by atoms with van der Waals surface area (Å²) < 4.78 is 2.07. The normalized spacial score (nSPS) is 13.0. The van der Waals surface area contributed by atoms with Gasteiger partial charge in [-0.15, -0.1) is 0 Å². The molecular formula is C19H22N2O2. The van der Waals surface area contributed by atoms with Crippen molar-refractivity contribution in [1.29, 1.82) is 0 Å². The third-order valence-electron chi connectivity index (χ3n) is 3.96. The number of carbonyl (C=O) groups excluding carboxylic acids is 2. The molecule has 0 spiro atoms. The highest BCUT2D eigenvalue weighted by atomic mass is 16.1. The molecule has 2 aromatic rings. The van der Waals surface area contributed by atoms with Crippen LogP contribution in [0.1, 0.15) is 36.0 Å². The summed E-state index contributed by atoms with van der Waals surface area (Å²) in [4.78, 5) is 27.1. The molecule has 120 valence electrons. The van der Waals surface area contributed by atoms with E-state index in [4.69, 9.17) is 0 Å². The number of aromatic nitrogens is 2. The predicted octanol–water partition coefficient (Wildman–Crippen LogP) is 3.60. The Morgan fingerprint density at radius 3 is 2.35 bits per heavy atom. The quantitative estimate of drug-likeness (QED) is 0.605. The van der Waals surface area contributed by atoms with Crippen LogP contribution in [0.4, 0.5) is 0 Å². The van der Waals surface area contributed by atoms with Gasteiger partial charge in [0, 0.05) is 22.9 Å². The minimum absolute atomic E-state index is 0.381. The van der Waals surface area contributed by atoms with E-state index in [-0.39, 0.29) is 5.92 Å². The Kier molecular flexibility index (Phi) is 5.27. The Hall–Kier alpha value is -2.49. The van der Waals surface area contributed by atoms with Crippen molar-refractivity contribution >= 4 is 18.6 Å². The summed E-state index contributed by atoms with van der Waals surface area (Å²) in [5.41, 5.74) is 4.41. The van der Waals surface area contributed by atoms with Gasteiger partial charge in [0.1, 0.15) is 18.4 Å². The first-order valence-electron chi connectivity index (χ1n) is 7.76. The maximum Gasteiger partial charge on any atom is 0.146 e. The maximum absolute atomic E-state index is 11.3. The molecule has 2 heterocycles. The SMILES string of the molecule is CCC(C=O)/C(C=O)=C/c1cc(C)cc(-n2c(C)ccc2C)n1. The topological polar surface area (TPSA) is 52.0 Å². The van der Waals surface area contributed by atoms with Crippen LogP contribution in [0.5, 0.6) is 0 Å². The molecule has 0 radical (unpaired) electrons. The Balaban J connectivity index is 2.53. The highest BCUT2D eigenvalue weighted by molar-refractivity contribution is 5.87. The maximum atomic E-state index is 11.3. The highest BCUT2D eigenvalue weighted by Gasteiger charge is 2.12. The second-order valence-corrected chi connectivity index (χ2v) is 5.79. The Bertz CT molecular complexity index is 737. The molecule has 0 fully saturated rings. The zero-order chi connectivity index (χ0) is 17.0. The van der Waals surface area contributed by atoms with Crippen molar-refractivity contribution in [2.45, 2.75) is 34.1 Å². The number of carbonyl (C=O) groups is 2. The van der Waals surface area contributed by atoms with Crippen LogP contribution in [-0.2, 0) is 9.59 Å². The van der Waals surface area contributed by atoms with Gasteiger partial charge in [0.05, 0.1) is 5.69 Å². The van der Waals surface area contributed by atoms with E-state index >= 15 is 0 Å². The summed E-state index contributed by atoms with van der Waals surface area (Å²) in [7, 11) is 0. The number of aldehydes is 2. The molecule has 0 saturated heterocycles. The zero-order valence-corrected chi connectivity index (χ0v) is 14.0. The van der Waals surface area contributed by atoms with Crippen LogP contribution in [0.2, 0.25) is 0 Å². The number of hydrogen-bond acceptors (Lipinski definition) is 3. The molecule has 0 aliphatic heterocycles. The third kappa shape index (κ3) is 3.65. The van der Waals surface area contributed by atoms with Gasteiger partial charge < -0.3 is 9.36 Å². The molecule has 1 atom stereocenters. The molecule has 4 nitrogen and oxygen atoms in total. The second kappa shape index (κ2) is 7.18. The molecule has 0 saturated carbocycles. The number of pyridine rings is 1. The summed E-state index contributed by atoms with van der Waals surface area (Å²) in [6.07, 6.45) is 3.87. The van der Waals surface area contributed by atoms with E-state index in [1.165, 1.54) is 0 Å². The van der Waals surface area contributed by atoms with Crippen molar-refractivity contribution in [2.24, 2.45) is 5.92 Å². The van der Waals surface area contributed by atoms with Crippen LogP contribution >= 0.6 is 0 Å². The second-order valence-electron chi connectivity index (χ2n) is 5.79.